The van der Waals surface area contributed by atoms with Crippen LogP contribution in [0.15, 0.2) is 0 Å². The number of amides is 3. The molecule has 3 aliphatic rings. The third kappa shape index (κ3) is 3.53. The Morgan fingerprint density at radius 1 is 1.23 bits per heavy atom. The van der Waals surface area contributed by atoms with Crippen molar-refractivity contribution in [3.63, 3.8) is 0 Å². The zero-order valence-corrected chi connectivity index (χ0v) is 19.7. The molecule has 2 bridgehead atoms. The van der Waals surface area contributed by atoms with Crippen LogP contribution < -0.4 is 10.6 Å². The van der Waals surface area contributed by atoms with E-state index in [0.29, 0.717) is 6.54 Å². The lowest BCUT2D eigenvalue weighted by Crippen LogP contribution is -2.57. The van der Waals surface area contributed by atoms with Crippen LogP contribution in [0.3, 0.4) is 0 Å². The Morgan fingerprint density at radius 3 is 2.53 bits per heavy atom. The van der Waals surface area contributed by atoms with Gasteiger partial charge in [-0.05, 0) is 46.5 Å². The first kappa shape index (κ1) is 23.4. The van der Waals surface area contributed by atoms with Crippen molar-refractivity contribution in [1.82, 2.24) is 15.5 Å². The molecule has 3 fully saturated rings. The summed E-state index contributed by atoms with van der Waals surface area (Å²) in [6.07, 6.45) is 4.20. The maximum Gasteiger partial charge on any atom is 0.244 e. The average molecular weight is 440 g/mol. The van der Waals surface area contributed by atoms with E-state index in [2.05, 4.69) is 24.5 Å². The minimum absolute atomic E-state index is 0.0159. The first-order valence-electron chi connectivity index (χ1n) is 11.4. The number of aliphatic hydroxyl groups excluding tert-OH is 1. The number of aliphatic hydroxyl groups is 1. The van der Waals surface area contributed by atoms with Crippen LogP contribution in [0.4, 0.5) is 0 Å². The predicted octanol–water partition coefficient (Wildman–Crippen LogP) is 1.68. The Hall–Kier alpha value is -1.28. The van der Waals surface area contributed by atoms with Crippen LogP contribution in [0.1, 0.15) is 66.7 Å². The second kappa shape index (κ2) is 8.69. The third-order valence-corrected chi connectivity index (χ3v) is 9.13. The highest BCUT2D eigenvalue weighted by atomic mass is 32.2. The number of hydrogen-bond donors (Lipinski definition) is 3. The number of carbonyl (C=O) groups excluding carboxylic acids is 3. The van der Waals surface area contributed by atoms with Gasteiger partial charge < -0.3 is 20.6 Å². The molecule has 170 valence electrons. The second-order valence-corrected chi connectivity index (χ2v) is 11.4. The van der Waals surface area contributed by atoms with Crippen molar-refractivity contribution in [2.24, 2.45) is 11.8 Å². The molecule has 0 aromatic carbocycles. The number of rotatable bonds is 9. The molecule has 30 heavy (non-hydrogen) atoms. The molecule has 3 aliphatic heterocycles. The van der Waals surface area contributed by atoms with Crippen molar-refractivity contribution in [1.29, 1.82) is 0 Å². The summed E-state index contributed by atoms with van der Waals surface area (Å²) in [5.74, 6) is -1.37. The highest BCUT2D eigenvalue weighted by Gasteiger charge is 2.77. The second-order valence-electron chi connectivity index (χ2n) is 9.49. The van der Waals surface area contributed by atoms with Crippen molar-refractivity contribution >= 4 is 29.5 Å². The summed E-state index contributed by atoms with van der Waals surface area (Å²) >= 11 is 1.67. The summed E-state index contributed by atoms with van der Waals surface area (Å²) in [6, 6.07) is -1.11. The molecule has 0 aliphatic carbocycles. The van der Waals surface area contributed by atoms with E-state index in [1.165, 1.54) is 0 Å². The van der Waals surface area contributed by atoms with Crippen molar-refractivity contribution < 1.29 is 19.5 Å². The fourth-order valence-electron chi connectivity index (χ4n) is 5.81. The molecular formula is C22H37N3O4S. The van der Waals surface area contributed by atoms with Crippen molar-refractivity contribution in [3.05, 3.63) is 0 Å². The van der Waals surface area contributed by atoms with Gasteiger partial charge in [0.15, 0.2) is 0 Å². The van der Waals surface area contributed by atoms with Crippen LogP contribution >= 0.6 is 11.8 Å². The third-order valence-electron chi connectivity index (χ3n) is 7.14. The molecule has 0 aromatic heterocycles. The molecule has 7 nitrogen and oxygen atoms in total. The van der Waals surface area contributed by atoms with Gasteiger partial charge in [-0.1, -0.05) is 20.3 Å². The van der Waals surface area contributed by atoms with E-state index in [1.807, 2.05) is 13.8 Å². The number of nitrogens with one attached hydrogen (secondary N) is 2. The molecule has 3 saturated heterocycles. The normalized spacial score (nSPS) is 36.5. The molecule has 0 radical (unpaired) electrons. The van der Waals surface area contributed by atoms with Gasteiger partial charge in [-0.25, -0.2) is 0 Å². The summed E-state index contributed by atoms with van der Waals surface area (Å²) in [6.45, 7) is 10.3. The number of likely N-dealkylation sites (tertiary alicyclic amines) is 1. The maximum absolute atomic E-state index is 13.7. The lowest BCUT2D eigenvalue weighted by molar-refractivity contribution is -0.143. The smallest absolute Gasteiger partial charge is 0.244 e. The quantitative estimate of drug-likeness (QED) is 0.508. The zero-order chi connectivity index (χ0) is 22.3. The summed E-state index contributed by atoms with van der Waals surface area (Å²) in [4.78, 5) is 41.9. The first-order valence-corrected chi connectivity index (χ1v) is 12.2. The molecule has 8 heteroatoms. The summed E-state index contributed by atoms with van der Waals surface area (Å²) in [7, 11) is 0. The van der Waals surface area contributed by atoms with E-state index in [4.69, 9.17) is 0 Å². The van der Waals surface area contributed by atoms with Gasteiger partial charge in [-0.15, -0.1) is 11.8 Å². The highest BCUT2D eigenvalue weighted by molar-refractivity contribution is 8.02. The van der Waals surface area contributed by atoms with E-state index in [1.54, 1.807) is 23.6 Å². The predicted molar refractivity (Wildman–Crippen MR) is 118 cm³/mol. The molecule has 3 N–H and O–H groups in total. The zero-order valence-electron chi connectivity index (χ0n) is 18.9. The van der Waals surface area contributed by atoms with Gasteiger partial charge in [0, 0.05) is 17.3 Å². The topological polar surface area (TPSA) is 98.7 Å². The maximum atomic E-state index is 13.7. The lowest BCUT2D eigenvalue weighted by atomic mass is 9.66. The molecule has 1 spiro atoms. The van der Waals surface area contributed by atoms with Gasteiger partial charge in [-0.3, -0.25) is 14.4 Å². The lowest BCUT2D eigenvalue weighted by Gasteiger charge is -2.36. The monoisotopic (exact) mass is 439 g/mol. The number of thioether (sulfide) groups is 1. The summed E-state index contributed by atoms with van der Waals surface area (Å²) < 4.78 is -0.959. The Labute approximate surface area is 184 Å². The van der Waals surface area contributed by atoms with Crippen LogP contribution in [0.25, 0.3) is 0 Å². The first-order chi connectivity index (χ1) is 14.2. The van der Waals surface area contributed by atoms with E-state index >= 15 is 0 Å². The van der Waals surface area contributed by atoms with Crippen molar-refractivity contribution in [3.8, 4) is 0 Å². The van der Waals surface area contributed by atoms with Crippen LogP contribution in [0, 0.1) is 11.8 Å². The summed E-state index contributed by atoms with van der Waals surface area (Å²) in [5, 5.41) is 15.9. The molecule has 3 heterocycles. The Morgan fingerprint density at radius 2 is 1.93 bits per heavy atom. The van der Waals surface area contributed by atoms with Crippen LogP contribution in [-0.4, -0.2) is 68.5 Å². The molecule has 3 amide bonds. The average Bonchev–Trinajstić information content (AvgIpc) is 3.26. The number of fused-ring (bicyclic) bond motifs is 1. The SMILES string of the molecule is CCCNC(=O)[C@@H]1[C@H]2C(=O)N([C@H](C)CO)C(C(=O)NC(C)CCC)C23CC[C@@]1(C)S3. The van der Waals surface area contributed by atoms with E-state index in [-0.39, 0.29) is 35.1 Å². The van der Waals surface area contributed by atoms with Gasteiger partial charge in [0.2, 0.25) is 17.7 Å². The molecular weight excluding hydrogens is 402 g/mol. The van der Waals surface area contributed by atoms with Gasteiger partial charge in [0.05, 0.1) is 29.2 Å². The molecule has 3 unspecified atom stereocenters. The van der Waals surface area contributed by atoms with Crippen molar-refractivity contribution in [2.45, 2.75) is 94.3 Å². The number of nitrogens with zero attached hydrogens (tertiary/aromatic N) is 1. The number of carbonyl (C=O) groups is 3. The fourth-order valence-corrected chi connectivity index (χ4v) is 8.15. The minimum Gasteiger partial charge on any atom is -0.394 e. The largest absolute Gasteiger partial charge is 0.394 e. The molecule has 7 atom stereocenters. The Kier molecular flexibility index (Phi) is 6.77. The summed E-state index contributed by atoms with van der Waals surface area (Å²) in [5.41, 5.74) is 0. The van der Waals surface area contributed by atoms with E-state index in [0.717, 1.165) is 32.1 Å². The van der Waals surface area contributed by atoms with Gasteiger partial charge in [-0.2, -0.15) is 0 Å². The Bertz CT molecular complexity index is 704. The highest BCUT2D eigenvalue weighted by Crippen LogP contribution is 2.71. The Balaban J connectivity index is 1.99. The van der Waals surface area contributed by atoms with Crippen LogP contribution in [0.5, 0.6) is 0 Å². The standard InChI is InChI=1S/C22H37N3O4S/c1-6-8-13(3)24-19(28)17-22-10-9-21(5,30-22)15(18(27)23-11-7-2)16(22)20(29)25(17)14(4)12-26/h13-17,26H,6-12H2,1-5H3,(H,23,27)(H,24,28)/t13?,14-,15+,16+,17?,21-,22?/m1/s1. The minimum atomic E-state index is -0.660. The van der Waals surface area contributed by atoms with E-state index in [9.17, 15) is 19.5 Å². The van der Waals surface area contributed by atoms with Crippen LogP contribution in [-0.2, 0) is 14.4 Å². The van der Waals surface area contributed by atoms with Gasteiger partial charge in [0.25, 0.3) is 0 Å². The fraction of sp³-hybridized carbons (Fsp3) is 0.864. The van der Waals surface area contributed by atoms with E-state index < -0.39 is 28.7 Å². The number of hydrogen-bond acceptors (Lipinski definition) is 5. The molecule has 0 aromatic rings. The van der Waals surface area contributed by atoms with Crippen LogP contribution in [0.2, 0.25) is 0 Å². The van der Waals surface area contributed by atoms with Gasteiger partial charge >= 0.3 is 0 Å². The molecule has 3 rings (SSSR count). The van der Waals surface area contributed by atoms with Crippen molar-refractivity contribution in [2.75, 3.05) is 13.2 Å². The van der Waals surface area contributed by atoms with Gasteiger partial charge in [0.1, 0.15) is 6.04 Å². The molecule has 0 saturated carbocycles.